The van der Waals surface area contributed by atoms with Crippen molar-refractivity contribution in [2.24, 2.45) is 7.05 Å². The zero-order valence-electron chi connectivity index (χ0n) is 25.1. The summed E-state index contributed by atoms with van der Waals surface area (Å²) in [5.41, 5.74) is 6.96. The van der Waals surface area contributed by atoms with E-state index < -0.39 is 0 Å². The van der Waals surface area contributed by atoms with Crippen LogP contribution in [0.4, 0.5) is 11.4 Å². The van der Waals surface area contributed by atoms with Gasteiger partial charge in [0.1, 0.15) is 18.2 Å². The third-order valence-electron chi connectivity index (χ3n) is 9.28. The zero-order valence-corrected chi connectivity index (χ0v) is 25.1. The van der Waals surface area contributed by atoms with Crippen LogP contribution in [-0.2, 0) is 24.8 Å². The molecular weight excluding hydrogens is 528 g/mol. The maximum atomic E-state index is 12.5. The number of fused-ring (bicyclic) bond motifs is 2. The lowest BCUT2D eigenvalue weighted by Crippen LogP contribution is -2.54. The van der Waals surface area contributed by atoms with E-state index in [4.69, 9.17) is 9.72 Å². The first-order chi connectivity index (χ1) is 20.3. The van der Waals surface area contributed by atoms with Crippen LogP contribution in [-0.4, -0.2) is 88.9 Å². The summed E-state index contributed by atoms with van der Waals surface area (Å²) in [7, 11) is 4.12. The summed E-state index contributed by atoms with van der Waals surface area (Å²) >= 11 is 0. The molecule has 10 heteroatoms. The van der Waals surface area contributed by atoms with Crippen LogP contribution in [0.15, 0.2) is 31.0 Å². The Morgan fingerprint density at radius 2 is 2.02 bits per heavy atom. The third-order valence-corrected chi connectivity index (χ3v) is 9.28. The van der Waals surface area contributed by atoms with Gasteiger partial charge in [-0.05, 0) is 58.3 Å². The first-order valence-corrected chi connectivity index (χ1v) is 14.9. The fraction of sp³-hybridized carbons (Fsp3) is 0.500. The number of aromatic nitrogens is 3. The molecular formula is C32H40N8O2. The zero-order chi connectivity index (χ0) is 29.5. The maximum Gasteiger partial charge on any atom is 0.246 e. The van der Waals surface area contributed by atoms with Crippen LogP contribution in [0, 0.1) is 18.3 Å². The molecule has 0 unspecified atom stereocenters. The molecule has 10 nitrogen and oxygen atoms in total. The number of rotatable bonds is 6. The molecule has 3 aliphatic rings. The van der Waals surface area contributed by atoms with Gasteiger partial charge in [0.2, 0.25) is 11.8 Å². The molecule has 0 N–H and O–H groups in total. The number of nitriles is 1. The van der Waals surface area contributed by atoms with Gasteiger partial charge in [0.25, 0.3) is 0 Å². The molecule has 42 heavy (non-hydrogen) atoms. The highest BCUT2D eigenvalue weighted by Gasteiger charge is 2.34. The monoisotopic (exact) mass is 568 g/mol. The number of likely N-dealkylation sites (N-methyl/N-ethyl adjacent to an activating group) is 1. The lowest BCUT2D eigenvalue weighted by molar-refractivity contribution is -0.128. The molecule has 0 bridgehead atoms. The van der Waals surface area contributed by atoms with Gasteiger partial charge in [0.05, 0.1) is 35.3 Å². The second-order valence-corrected chi connectivity index (χ2v) is 11.9. The van der Waals surface area contributed by atoms with Gasteiger partial charge in [0.15, 0.2) is 0 Å². The van der Waals surface area contributed by atoms with Gasteiger partial charge >= 0.3 is 0 Å². The van der Waals surface area contributed by atoms with Crippen LogP contribution in [0.25, 0.3) is 10.9 Å². The van der Waals surface area contributed by atoms with Crippen LogP contribution in [0.3, 0.4) is 0 Å². The van der Waals surface area contributed by atoms with Crippen LogP contribution >= 0.6 is 0 Å². The lowest BCUT2D eigenvalue weighted by Gasteiger charge is -2.42. The fourth-order valence-corrected chi connectivity index (χ4v) is 7.00. The van der Waals surface area contributed by atoms with Gasteiger partial charge in [-0.15, -0.1) is 0 Å². The highest BCUT2D eigenvalue weighted by atomic mass is 16.5. The Kier molecular flexibility index (Phi) is 7.54. The summed E-state index contributed by atoms with van der Waals surface area (Å²) in [5.74, 6) is 0.362. The molecule has 0 spiro atoms. The Morgan fingerprint density at radius 1 is 1.19 bits per heavy atom. The SMILES string of the molecule is C=CC(=O)N1CCN(c2c(C#N)c(OC[C@@H]3CCCN3C)nc3c2CCN(c2c(C)ccc4cnn(C)c24)C3)C[C@@H]1C. The molecule has 3 aliphatic heterocycles. The maximum absolute atomic E-state index is 12.5. The molecule has 0 aliphatic carbocycles. The van der Waals surface area contributed by atoms with Gasteiger partial charge < -0.3 is 24.3 Å². The van der Waals surface area contributed by atoms with Gasteiger partial charge in [-0.3, -0.25) is 9.48 Å². The van der Waals surface area contributed by atoms with Crippen molar-refractivity contribution in [3.8, 4) is 11.9 Å². The number of carbonyl (C=O) groups excluding carboxylic acids is 1. The lowest BCUT2D eigenvalue weighted by atomic mass is 9.96. The average Bonchev–Trinajstić information content (AvgIpc) is 3.58. The third kappa shape index (κ3) is 4.86. The first-order valence-electron chi connectivity index (χ1n) is 14.9. The largest absolute Gasteiger partial charge is 0.475 e. The molecule has 3 aromatic rings. The molecule has 6 rings (SSSR count). The number of hydrogen-bond donors (Lipinski definition) is 0. The predicted molar refractivity (Wildman–Crippen MR) is 164 cm³/mol. The van der Waals surface area contributed by atoms with E-state index in [0.29, 0.717) is 50.3 Å². The number of aryl methyl sites for hydroxylation is 2. The summed E-state index contributed by atoms with van der Waals surface area (Å²) in [4.78, 5) is 26.4. The second-order valence-electron chi connectivity index (χ2n) is 11.9. The van der Waals surface area contributed by atoms with Crippen molar-refractivity contribution in [3.63, 3.8) is 0 Å². The Hall–Kier alpha value is -4.10. The molecule has 220 valence electrons. The first kappa shape index (κ1) is 28.0. The second kappa shape index (κ2) is 11.3. The van der Waals surface area contributed by atoms with E-state index in [2.05, 4.69) is 65.5 Å². The van der Waals surface area contributed by atoms with E-state index >= 15 is 0 Å². The van der Waals surface area contributed by atoms with E-state index in [1.54, 1.807) is 0 Å². The standard InChI is InChI=1S/C32H40N8O2/c1-6-28(41)40-15-14-39(18-22(40)3)31-25-11-13-38(29-21(2)9-10-23-17-34-37(5)30(23)29)19-27(25)35-32(26(31)16-33)42-20-24-8-7-12-36(24)4/h6,9-10,17,22,24H,1,7-8,11-15,18-20H2,2-5H3/t22-,24-/m0/s1. The van der Waals surface area contributed by atoms with Crippen LogP contribution in [0.5, 0.6) is 5.88 Å². The Bertz CT molecular complexity index is 1570. The minimum Gasteiger partial charge on any atom is -0.475 e. The van der Waals surface area contributed by atoms with Crippen molar-refractivity contribution in [1.82, 2.24) is 24.6 Å². The number of pyridine rings is 1. The quantitative estimate of drug-likeness (QED) is 0.418. The summed E-state index contributed by atoms with van der Waals surface area (Å²) in [6, 6.07) is 7.05. The molecule has 5 heterocycles. The molecule has 1 aromatic carbocycles. The van der Waals surface area contributed by atoms with Crippen LogP contribution in [0.1, 0.15) is 42.1 Å². The number of hydrogen-bond acceptors (Lipinski definition) is 8. The van der Waals surface area contributed by atoms with Gasteiger partial charge in [-0.25, -0.2) is 4.98 Å². The van der Waals surface area contributed by atoms with Crippen molar-refractivity contribution in [2.75, 3.05) is 56.2 Å². The van der Waals surface area contributed by atoms with Crippen molar-refractivity contribution < 1.29 is 9.53 Å². The van der Waals surface area contributed by atoms with Gasteiger partial charge in [-0.2, -0.15) is 10.4 Å². The summed E-state index contributed by atoms with van der Waals surface area (Å²) in [5, 5.41) is 16.1. The normalized spacial score (nSPS) is 21.0. The van der Waals surface area contributed by atoms with Crippen LogP contribution in [0.2, 0.25) is 0 Å². The van der Waals surface area contributed by atoms with Gasteiger partial charge in [0, 0.05) is 56.3 Å². The minimum atomic E-state index is -0.0560. The number of likely N-dealkylation sites (tertiary alicyclic amines) is 1. The van der Waals surface area contributed by atoms with Crippen molar-refractivity contribution in [3.05, 3.63) is 53.4 Å². The summed E-state index contributed by atoms with van der Waals surface area (Å²) < 4.78 is 8.36. The number of amides is 1. The summed E-state index contributed by atoms with van der Waals surface area (Å²) in [6.45, 7) is 12.7. The highest BCUT2D eigenvalue weighted by Crippen LogP contribution is 2.40. The van der Waals surface area contributed by atoms with Crippen molar-refractivity contribution in [2.45, 2.75) is 51.7 Å². The summed E-state index contributed by atoms with van der Waals surface area (Å²) in [6.07, 6.45) is 6.28. The van der Waals surface area contributed by atoms with Crippen molar-refractivity contribution >= 4 is 28.2 Å². The Labute approximate surface area is 247 Å². The number of carbonyl (C=O) groups is 1. The van der Waals surface area contributed by atoms with Gasteiger partial charge in [-0.1, -0.05) is 18.7 Å². The number of nitrogens with zero attached hydrogens (tertiary/aromatic N) is 8. The molecule has 0 radical (unpaired) electrons. The Balaban J connectivity index is 1.40. The number of benzene rings is 1. The number of ether oxygens (including phenoxy) is 1. The predicted octanol–water partition coefficient (Wildman–Crippen LogP) is 3.41. The number of piperazine rings is 1. The fourth-order valence-electron chi connectivity index (χ4n) is 7.00. The van der Waals surface area contributed by atoms with E-state index in [0.717, 1.165) is 60.2 Å². The molecule has 2 saturated heterocycles. The molecule has 0 saturated carbocycles. The van der Waals surface area contributed by atoms with Crippen LogP contribution < -0.4 is 14.5 Å². The van der Waals surface area contributed by atoms with E-state index in [-0.39, 0.29) is 11.9 Å². The van der Waals surface area contributed by atoms with Crippen molar-refractivity contribution in [1.29, 1.82) is 5.26 Å². The minimum absolute atomic E-state index is 0.0127. The Morgan fingerprint density at radius 3 is 2.74 bits per heavy atom. The topological polar surface area (TPSA) is 93.8 Å². The molecule has 2 fully saturated rings. The van der Waals surface area contributed by atoms with E-state index in [9.17, 15) is 10.1 Å². The molecule has 2 atom stereocenters. The molecule has 2 aromatic heterocycles. The average molecular weight is 569 g/mol. The number of anilines is 2. The van der Waals surface area contributed by atoms with E-state index in [1.807, 2.05) is 22.8 Å². The van der Waals surface area contributed by atoms with E-state index in [1.165, 1.54) is 17.3 Å². The smallest absolute Gasteiger partial charge is 0.246 e. The highest BCUT2D eigenvalue weighted by molar-refractivity contribution is 5.93. The molecule has 1 amide bonds.